The van der Waals surface area contributed by atoms with Gasteiger partial charge in [0.25, 0.3) is 0 Å². The molecule has 1 aromatic heterocycles. The van der Waals surface area contributed by atoms with Crippen molar-refractivity contribution in [1.82, 2.24) is 10.3 Å². The monoisotopic (exact) mass is 934 g/mol. The SMILES string of the molecule is CC[C@@H](C(=O)[C@@H](C)[C@@H](O)[C@H](C)[C@@H]1O[C@@H]([C@@H](CC)C(=O)NCC(=O)Nc2cccc3cccnc23)CCC1C)[C@H]1O[C@]2(C=C[C@@H](O)[C@]3(CC[C@@](C)([C@H]4CC[C@](O)(CC)[C@H](C)O4)O3)O2)[C@H](C)C[C@@H]1C. The van der Waals surface area contributed by atoms with Gasteiger partial charge in [-0.15, -0.1) is 0 Å². The van der Waals surface area contributed by atoms with Crippen LogP contribution in [0, 0.1) is 41.4 Å². The highest BCUT2D eigenvalue weighted by Gasteiger charge is 2.63. The zero-order valence-corrected chi connectivity index (χ0v) is 41.5. The van der Waals surface area contributed by atoms with Gasteiger partial charge in [-0.2, -0.15) is 0 Å². The van der Waals surface area contributed by atoms with Crippen molar-refractivity contribution >= 4 is 34.2 Å². The highest BCUT2D eigenvalue weighted by Crippen LogP contribution is 2.54. The lowest BCUT2D eigenvalue weighted by molar-refractivity contribution is -0.409. The van der Waals surface area contributed by atoms with Crippen LogP contribution < -0.4 is 10.6 Å². The number of fused-ring (bicyclic) bond motifs is 1. The molecule has 0 bridgehead atoms. The van der Waals surface area contributed by atoms with Gasteiger partial charge in [0.05, 0.1) is 71.5 Å². The fourth-order valence-electron chi connectivity index (χ4n) is 12.2. The fourth-order valence-corrected chi connectivity index (χ4v) is 12.2. The van der Waals surface area contributed by atoms with Gasteiger partial charge in [-0.3, -0.25) is 19.4 Å². The van der Waals surface area contributed by atoms with E-state index in [1.54, 1.807) is 31.3 Å². The van der Waals surface area contributed by atoms with Gasteiger partial charge < -0.3 is 49.6 Å². The molecule has 5 N–H and O–H groups in total. The van der Waals surface area contributed by atoms with E-state index in [4.69, 9.17) is 23.7 Å². The van der Waals surface area contributed by atoms with Crippen LogP contribution >= 0.6 is 0 Å². The number of benzene rings is 1. The van der Waals surface area contributed by atoms with E-state index in [1.165, 1.54) is 0 Å². The molecule has 5 aliphatic rings. The second-order valence-corrected chi connectivity index (χ2v) is 21.2. The number of carbonyl (C=O) groups excluding carboxylic acids is 3. The largest absolute Gasteiger partial charge is 0.392 e. The second kappa shape index (κ2) is 20.6. The summed E-state index contributed by atoms with van der Waals surface area (Å²) in [7, 11) is 0. The number of anilines is 1. The molecule has 2 spiro atoms. The van der Waals surface area contributed by atoms with Gasteiger partial charge >= 0.3 is 0 Å². The zero-order chi connectivity index (χ0) is 48.6. The van der Waals surface area contributed by atoms with Crippen molar-refractivity contribution in [3.8, 4) is 0 Å². The molecule has 2 aromatic rings. The number of pyridine rings is 1. The number of hydrogen-bond acceptors (Lipinski definition) is 12. The zero-order valence-electron chi connectivity index (χ0n) is 41.5. The number of Topliss-reactive ketones (excluding diaryl/α,β-unsaturated/α-hetero) is 1. The molecular formula is C53H79N3O11. The Hall–Kier alpha value is -3.34. The number of aromatic nitrogens is 1. The molecule has 6 heterocycles. The number of nitrogens with one attached hydrogen (secondary N) is 2. The molecule has 67 heavy (non-hydrogen) atoms. The summed E-state index contributed by atoms with van der Waals surface area (Å²) in [6.07, 6.45) is 6.93. The van der Waals surface area contributed by atoms with Crippen LogP contribution in [0.2, 0.25) is 0 Å². The first-order valence-corrected chi connectivity index (χ1v) is 25.4. The smallest absolute Gasteiger partial charge is 0.243 e. The van der Waals surface area contributed by atoms with Crippen molar-refractivity contribution in [3.63, 3.8) is 0 Å². The second-order valence-electron chi connectivity index (χ2n) is 21.2. The highest BCUT2D eigenvalue weighted by atomic mass is 16.8. The minimum Gasteiger partial charge on any atom is -0.392 e. The van der Waals surface area contributed by atoms with Gasteiger partial charge in [-0.1, -0.05) is 73.6 Å². The van der Waals surface area contributed by atoms with Crippen LogP contribution in [0.5, 0.6) is 0 Å². The van der Waals surface area contributed by atoms with Crippen LogP contribution in [0.3, 0.4) is 0 Å². The lowest BCUT2D eigenvalue weighted by Crippen LogP contribution is -2.63. The Balaban J connectivity index is 0.982. The third kappa shape index (κ3) is 10.2. The predicted molar refractivity (Wildman–Crippen MR) is 254 cm³/mol. The highest BCUT2D eigenvalue weighted by molar-refractivity contribution is 6.01. The summed E-state index contributed by atoms with van der Waals surface area (Å²) in [5.74, 6) is -5.72. The van der Waals surface area contributed by atoms with Gasteiger partial charge in [0, 0.05) is 41.7 Å². The van der Waals surface area contributed by atoms with Crippen LogP contribution in [0.4, 0.5) is 5.69 Å². The van der Waals surface area contributed by atoms with Crippen LogP contribution in [-0.4, -0.2) is 110 Å². The van der Waals surface area contributed by atoms with E-state index in [-0.39, 0.29) is 54.1 Å². The summed E-state index contributed by atoms with van der Waals surface area (Å²) in [5.41, 5.74) is -0.425. The number of para-hydroxylation sites is 1. The number of amides is 2. The van der Waals surface area contributed by atoms with Crippen LogP contribution in [-0.2, 0) is 38.1 Å². The van der Waals surface area contributed by atoms with E-state index in [0.717, 1.165) is 11.8 Å². The molecule has 4 saturated heterocycles. The molecule has 1 unspecified atom stereocenters. The van der Waals surface area contributed by atoms with Crippen LogP contribution in [0.1, 0.15) is 133 Å². The van der Waals surface area contributed by atoms with Gasteiger partial charge in [-0.05, 0) is 108 Å². The van der Waals surface area contributed by atoms with Crippen molar-refractivity contribution in [2.45, 2.75) is 199 Å². The van der Waals surface area contributed by atoms with Crippen molar-refractivity contribution in [2.75, 3.05) is 11.9 Å². The maximum absolute atomic E-state index is 14.7. The molecule has 372 valence electrons. The lowest BCUT2D eigenvalue weighted by atomic mass is 9.72. The molecule has 0 radical (unpaired) electrons. The number of carbonyl (C=O) groups is 3. The van der Waals surface area contributed by atoms with E-state index in [2.05, 4.69) is 36.4 Å². The van der Waals surface area contributed by atoms with Crippen molar-refractivity contribution in [1.29, 1.82) is 0 Å². The molecule has 1 aromatic carbocycles. The molecule has 5 aliphatic heterocycles. The Morgan fingerprint density at radius 3 is 2.33 bits per heavy atom. The maximum Gasteiger partial charge on any atom is 0.243 e. The van der Waals surface area contributed by atoms with Gasteiger partial charge in [0.15, 0.2) is 5.79 Å². The topological polar surface area (TPSA) is 195 Å². The van der Waals surface area contributed by atoms with E-state index in [1.807, 2.05) is 65.8 Å². The van der Waals surface area contributed by atoms with E-state index >= 15 is 0 Å². The third-order valence-corrected chi connectivity index (χ3v) is 16.8. The Morgan fingerprint density at radius 1 is 0.896 bits per heavy atom. The number of nitrogens with zero attached hydrogens (tertiary/aromatic N) is 1. The normalized spacial score (nSPS) is 38.9. The number of hydrogen-bond donors (Lipinski definition) is 5. The first-order chi connectivity index (χ1) is 31.7. The van der Waals surface area contributed by atoms with Crippen molar-refractivity contribution in [2.24, 2.45) is 41.4 Å². The predicted octanol–water partition coefficient (Wildman–Crippen LogP) is 7.41. The summed E-state index contributed by atoms with van der Waals surface area (Å²) in [6, 6.07) is 9.30. The summed E-state index contributed by atoms with van der Waals surface area (Å²) in [5, 5.41) is 41.3. The number of ketones is 1. The summed E-state index contributed by atoms with van der Waals surface area (Å²) in [4.78, 5) is 45.8. The molecule has 14 heteroatoms. The van der Waals surface area contributed by atoms with E-state index in [9.17, 15) is 29.7 Å². The number of aliphatic hydroxyl groups is 3. The van der Waals surface area contributed by atoms with Crippen LogP contribution in [0.25, 0.3) is 10.9 Å². The van der Waals surface area contributed by atoms with Crippen molar-refractivity contribution < 1.29 is 53.4 Å². The Labute approximate surface area is 397 Å². The first kappa shape index (κ1) is 51.5. The molecule has 14 nitrogen and oxygen atoms in total. The van der Waals surface area contributed by atoms with Crippen molar-refractivity contribution in [3.05, 3.63) is 48.7 Å². The molecule has 18 atom stereocenters. The van der Waals surface area contributed by atoms with Gasteiger partial charge in [0.1, 0.15) is 11.9 Å². The summed E-state index contributed by atoms with van der Waals surface area (Å²) >= 11 is 0. The molecular weight excluding hydrogens is 855 g/mol. The number of rotatable bonds is 15. The average molecular weight is 934 g/mol. The molecule has 4 fully saturated rings. The summed E-state index contributed by atoms with van der Waals surface area (Å²) in [6.45, 7) is 19.5. The molecule has 7 rings (SSSR count). The number of aliphatic hydroxyl groups excluding tert-OH is 2. The van der Waals surface area contributed by atoms with Gasteiger partial charge in [-0.25, -0.2) is 0 Å². The van der Waals surface area contributed by atoms with E-state index < -0.39 is 77.0 Å². The first-order valence-electron chi connectivity index (χ1n) is 25.4. The minimum atomic E-state index is -1.39. The quantitative estimate of drug-likeness (QED) is 0.111. The minimum absolute atomic E-state index is 0.0128. The maximum atomic E-state index is 14.7. The molecule has 2 amide bonds. The molecule has 0 saturated carbocycles. The summed E-state index contributed by atoms with van der Waals surface area (Å²) < 4.78 is 34.0. The standard InChI is InChI=1S/C53H79N3O11/c1-11-37(49(61)55-29-43(58)56-39-18-14-16-36-17-15-27-54-44(36)39)40-20-19-30(4)47(64-40)34(8)45(59)33(7)46(60)38(12-2)48-31(5)28-32(6)52(65-48)24-21-41(57)53(67-52)26-25-50(10,66-53)42-22-23-51(62,13-3)35(9)63-42/h14-18,21,24,27,30-35,37-38,40-42,45,47-48,57,59,62H,11-13,19-20,22-23,25-26,28-29H2,1-10H3,(H,55,61)(H,56,58)/t30?,31-,32+,33-,34-,35-,37+,38-,40+,41+,42+,45+,47+,48-,50-,51+,52-,53-/m0/s1. The number of ether oxygens (including phenoxy) is 5. The Morgan fingerprint density at radius 2 is 1.63 bits per heavy atom. The van der Waals surface area contributed by atoms with E-state index in [0.29, 0.717) is 69.0 Å². The molecule has 0 aliphatic carbocycles. The Bertz CT molecular complexity index is 2100. The van der Waals surface area contributed by atoms with Gasteiger partial charge in [0.2, 0.25) is 17.6 Å². The average Bonchev–Trinajstić information content (AvgIpc) is 3.66. The lowest BCUT2D eigenvalue weighted by Gasteiger charge is -2.54. The van der Waals surface area contributed by atoms with Crippen LogP contribution in [0.15, 0.2) is 48.7 Å². The fraction of sp³-hybridized carbons (Fsp3) is 0.736. The third-order valence-electron chi connectivity index (χ3n) is 16.8. The Kier molecular flexibility index (Phi) is 15.8.